The van der Waals surface area contributed by atoms with E-state index in [1.165, 1.54) is 0 Å². The zero-order valence-corrected chi connectivity index (χ0v) is 15.8. The molecule has 0 radical (unpaired) electrons. The molecule has 4 heteroatoms. The summed E-state index contributed by atoms with van der Waals surface area (Å²) in [6.07, 6.45) is 1.62. The van der Waals surface area contributed by atoms with Gasteiger partial charge in [0, 0.05) is 24.5 Å². The van der Waals surface area contributed by atoms with E-state index in [1.54, 1.807) is 6.08 Å². The molecule has 2 aromatic carbocycles. The fraction of sp³-hybridized carbons (Fsp3) is 0.273. The van der Waals surface area contributed by atoms with Gasteiger partial charge in [-0.3, -0.25) is 4.79 Å². The number of hydrogen-bond donors (Lipinski definition) is 1. The molecule has 0 unspecified atom stereocenters. The Morgan fingerprint density at radius 1 is 1.12 bits per heavy atom. The van der Waals surface area contributed by atoms with Gasteiger partial charge in [0.1, 0.15) is 11.6 Å². The SMILES string of the molecule is CCN(CC)c1ccc(/C=C(/C#N)C(=O)Nc2cc(C)ccc2C)cc1. The minimum atomic E-state index is -0.394. The molecule has 2 rings (SSSR count). The average molecular weight is 347 g/mol. The molecular formula is C22H25N3O. The number of hydrogen-bond acceptors (Lipinski definition) is 3. The Balaban J connectivity index is 2.20. The van der Waals surface area contributed by atoms with E-state index in [9.17, 15) is 10.1 Å². The summed E-state index contributed by atoms with van der Waals surface area (Å²) in [5, 5.41) is 12.2. The maximum atomic E-state index is 12.5. The van der Waals surface area contributed by atoms with Crippen LogP contribution in [0.15, 0.2) is 48.0 Å². The minimum Gasteiger partial charge on any atom is -0.372 e. The van der Waals surface area contributed by atoms with Crippen LogP contribution in [-0.4, -0.2) is 19.0 Å². The molecule has 0 atom stereocenters. The number of rotatable bonds is 6. The third kappa shape index (κ3) is 4.73. The first-order valence-electron chi connectivity index (χ1n) is 8.83. The van der Waals surface area contributed by atoms with Crippen molar-refractivity contribution in [3.05, 3.63) is 64.7 Å². The van der Waals surface area contributed by atoms with Crippen LogP contribution in [-0.2, 0) is 4.79 Å². The number of aryl methyl sites for hydroxylation is 2. The van der Waals surface area contributed by atoms with Crippen LogP contribution in [0.25, 0.3) is 6.08 Å². The van der Waals surface area contributed by atoms with Crippen molar-refractivity contribution < 1.29 is 4.79 Å². The molecule has 0 fully saturated rings. The highest BCUT2D eigenvalue weighted by atomic mass is 16.1. The van der Waals surface area contributed by atoms with Crippen molar-refractivity contribution in [2.24, 2.45) is 0 Å². The van der Waals surface area contributed by atoms with E-state index >= 15 is 0 Å². The number of benzene rings is 2. The molecule has 134 valence electrons. The fourth-order valence-corrected chi connectivity index (χ4v) is 2.75. The molecule has 1 amide bonds. The molecule has 0 bridgehead atoms. The van der Waals surface area contributed by atoms with Gasteiger partial charge >= 0.3 is 0 Å². The number of amides is 1. The molecular weight excluding hydrogens is 322 g/mol. The van der Waals surface area contributed by atoms with E-state index in [1.807, 2.05) is 62.4 Å². The van der Waals surface area contributed by atoms with E-state index in [4.69, 9.17) is 0 Å². The average Bonchev–Trinajstić information content (AvgIpc) is 2.64. The van der Waals surface area contributed by atoms with Gasteiger partial charge in [0.05, 0.1) is 0 Å². The number of anilines is 2. The van der Waals surface area contributed by atoms with E-state index in [2.05, 4.69) is 24.1 Å². The van der Waals surface area contributed by atoms with E-state index in [0.717, 1.165) is 41.2 Å². The third-order valence-corrected chi connectivity index (χ3v) is 4.34. The highest BCUT2D eigenvalue weighted by molar-refractivity contribution is 6.10. The van der Waals surface area contributed by atoms with Crippen LogP contribution < -0.4 is 10.2 Å². The Morgan fingerprint density at radius 3 is 2.35 bits per heavy atom. The summed E-state index contributed by atoms with van der Waals surface area (Å²) in [6, 6.07) is 15.7. The Bertz CT molecular complexity index is 841. The molecule has 0 aromatic heterocycles. The van der Waals surface area contributed by atoms with Gasteiger partial charge in [0.15, 0.2) is 0 Å². The quantitative estimate of drug-likeness (QED) is 0.609. The number of carbonyl (C=O) groups is 1. The van der Waals surface area contributed by atoms with E-state index in [-0.39, 0.29) is 5.57 Å². The van der Waals surface area contributed by atoms with Crippen LogP contribution >= 0.6 is 0 Å². The van der Waals surface area contributed by atoms with Gasteiger partial charge in [-0.1, -0.05) is 24.3 Å². The predicted octanol–water partition coefficient (Wildman–Crippen LogP) is 4.70. The van der Waals surface area contributed by atoms with Gasteiger partial charge in [0.25, 0.3) is 5.91 Å². The first-order valence-corrected chi connectivity index (χ1v) is 8.83. The van der Waals surface area contributed by atoms with Crippen LogP contribution in [0.1, 0.15) is 30.5 Å². The maximum Gasteiger partial charge on any atom is 0.266 e. The largest absolute Gasteiger partial charge is 0.372 e. The summed E-state index contributed by atoms with van der Waals surface area (Å²) < 4.78 is 0. The van der Waals surface area contributed by atoms with Crippen LogP contribution in [0.5, 0.6) is 0 Å². The predicted molar refractivity (Wildman–Crippen MR) is 108 cm³/mol. The van der Waals surface area contributed by atoms with Crippen LogP contribution in [0.2, 0.25) is 0 Å². The number of carbonyl (C=O) groups excluding carboxylic acids is 1. The highest BCUT2D eigenvalue weighted by Gasteiger charge is 2.11. The Hall–Kier alpha value is -3.06. The van der Waals surface area contributed by atoms with Crippen molar-refractivity contribution in [2.75, 3.05) is 23.3 Å². The highest BCUT2D eigenvalue weighted by Crippen LogP contribution is 2.19. The maximum absolute atomic E-state index is 12.5. The lowest BCUT2D eigenvalue weighted by atomic mass is 10.1. The number of nitrogens with zero attached hydrogens (tertiary/aromatic N) is 2. The van der Waals surface area contributed by atoms with Gasteiger partial charge in [-0.2, -0.15) is 5.26 Å². The lowest BCUT2D eigenvalue weighted by Gasteiger charge is -2.20. The van der Waals surface area contributed by atoms with Crippen LogP contribution in [0.4, 0.5) is 11.4 Å². The summed E-state index contributed by atoms with van der Waals surface area (Å²) in [6.45, 7) is 10.00. The molecule has 0 saturated heterocycles. The molecule has 0 aliphatic heterocycles. The number of nitriles is 1. The zero-order chi connectivity index (χ0) is 19.1. The molecule has 2 aromatic rings. The topological polar surface area (TPSA) is 56.1 Å². The Kier molecular flexibility index (Phi) is 6.57. The third-order valence-electron chi connectivity index (χ3n) is 4.34. The van der Waals surface area contributed by atoms with Gasteiger partial charge in [-0.15, -0.1) is 0 Å². The van der Waals surface area contributed by atoms with Crippen LogP contribution in [0, 0.1) is 25.2 Å². The summed E-state index contributed by atoms with van der Waals surface area (Å²) in [5.41, 5.74) is 4.79. The normalized spacial score (nSPS) is 11.0. The van der Waals surface area contributed by atoms with Gasteiger partial charge in [-0.25, -0.2) is 0 Å². The monoisotopic (exact) mass is 347 g/mol. The summed E-state index contributed by atoms with van der Waals surface area (Å²) in [7, 11) is 0. The van der Waals surface area contributed by atoms with Crippen molar-refractivity contribution >= 4 is 23.4 Å². The lowest BCUT2D eigenvalue weighted by Crippen LogP contribution is -2.21. The summed E-state index contributed by atoms with van der Waals surface area (Å²) >= 11 is 0. The molecule has 26 heavy (non-hydrogen) atoms. The van der Waals surface area contributed by atoms with Gasteiger partial charge in [0.2, 0.25) is 0 Å². The smallest absolute Gasteiger partial charge is 0.266 e. The molecule has 0 spiro atoms. The summed E-state index contributed by atoms with van der Waals surface area (Å²) in [4.78, 5) is 14.7. The van der Waals surface area contributed by atoms with Gasteiger partial charge in [-0.05, 0) is 68.7 Å². The number of nitrogens with one attached hydrogen (secondary N) is 1. The molecule has 0 aliphatic rings. The first kappa shape index (κ1) is 19.3. The second-order valence-electron chi connectivity index (χ2n) is 6.21. The molecule has 0 heterocycles. The lowest BCUT2D eigenvalue weighted by molar-refractivity contribution is -0.112. The second-order valence-corrected chi connectivity index (χ2v) is 6.21. The van der Waals surface area contributed by atoms with Crippen LogP contribution in [0.3, 0.4) is 0 Å². The zero-order valence-electron chi connectivity index (χ0n) is 15.8. The molecule has 4 nitrogen and oxygen atoms in total. The standard InChI is InChI=1S/C22H25N3O/c1-5-25(6-2)20-11-9-18(10-12-20)14-19(15-23)22(26)24-21-13-16(3)7-8-17(21)4/h7-14H,5-6H2,1-4H3,(H,24,26)/b19-14-. The van der Waals surface area contributed by atoms with Crippen molar-refractivity contribution in [1.82, 2.24) is 0 Å². The fourth-order valence-electron chi connectivity index (χ4n) is 2.75. The molecule has 0 saturated carbocycles. The van der Waals surface area contributed by atoms with Crippen molar-refractivity contribution in [2.45, 2.75) is 27.7 Å². The molecule has 0 aliphatic carbocycles. The Labute approximate surface area is 155 Å². The van der Waals surface area contributed by atoms with Crippen molar-refractivity contribution in [3.63, 3.8) is 0 Å². The van der Waals surface area contributed by atoms with E-state index in [0.29, 0.717) is 0 Å². The van der Waals surface area contributed by atoms with Crippen molar-refractivity contribution in [3.8, 4) is 6.07 Å². The minimum absolute atomic E-state index is 0.0847. The first-order chi connectivity index (χ1) is 12.5. The molecule has 1 N–H and O–H groups in total. The second kappa shape index (κ2) is 8.87. The van der Waals surface area contributed by atoms with Crippen molar-refractivity contribution in [1.29, 1.82) is 5.26 Å². The summed E-state index contributed by atoms with van der Waals surface area (Å²) in [5.74, 6) is -0.394. The Morgan fingerprint density at radius 2 is 1.77 bits per heavy atom. The van der Waals surface area contributed by atoms with Gasteiger partial charge < -0.3 is 10.2 Å². The van der Waals surface area contributed by atoms with E-state index < -0.39 is 5.91 Å².